The van der Waals surface area contributed by atoms with E-state index in [1.54, 1.807) is 4.68 Å². The fraction of sp³-hybridized carbons (Fsp3) is 0.733. The Morgan fingerprint density at radius 2 is 2.00 bits per heavy atom. The number of fused-ring (bicyclic) bond motifs is 1. The molecule has 1 saturated heterocycles. The molecule has 0 radical (unpaired) electrons. The molecule has 9 nitrogen and oxygen atoms in total. The SMILES string of the molecule is Cc1nc(C2CCN(C(=O)[C@@H]3CCCCn4nnnc43)CC2)n[nH]1. The molecule has 0 saturated carbocycles. The van der Waals surface area contributed by atoms with Crippen molar-refractivity contribution in [3.63, 3.8) is 0 Å². The Labute approximate surface area is 139 Å². The van der Waals surface area contributed by atoms with Crippen molar-refractivity contribution in [2.45, 2.75) is 57.4 Å². The van der Waals surface area contributed by atoms with Crippen molar-refractivity contribution in [1.29, 1.82) is 0 Å². The van der Waals surface area contributed by atoms with Crippen LogP contribution < -0.4 is 0 Å². The normalized spacial score (nSPS) is 22.2. The van der Waals surface area contributed by atoms with E-state index < -0.39 is 0 Å². The van der Waals surface area contributed by atoms with Gasteiger partial charge in [0.2, 0.25) is 5.91 Å². The minimum Gasteiger partial charge on any atom is -0.342 e. The number of nitrogens with zero attached hydrogens (tertiary/aromatic N) is 7. The molecule has 2 aromatic rings. The number of rotatable bonds is 2. The predicted octanol–water partition coefficient (Wildman–Crippen LogP) is 0.773. The van der Waals surface area contributed by atoms with Crippen molar-refractivity contribution in [3.8, 4) is 0 Å². The number of H-pyrrole nitrogens is 1. The highest BCUT2D eigenvalue weighted by Crippen LogP contribution is 2.30. The van der Waals surface area contributed by atoms with Crippen LogP contribution in [0.5, 0.6) is 0 Å². The lowest BCUT2D eigenvalue weighted by Gasteiger charge is -2.32. The zero-order chi connectivity index (χ0) is 16.5. The summed E-state index contributed by atoms with van der Waals surface area (Å²) in [6.07, 6.45) is 4.68. The molecule has 0 aliphatic carbocycles. The van der Waals surface area contributed by atoms with E-state index in [1.807, 2.05) is 11.8 Å². The highest BCUT2D eigenvalue weighted by Gasteiger charge is 2.34. The van der Waals surface area contributed by atoms with Crippen molar-refractivity contribution >= 4 is 5.91 Å². The second-order valence-electron chi connectivity index (χ2n) is 6.69. The lowest BCUT2D eigenvalue weighted by molar-refractivity contribution is -0.134. The maximum Gasteiger partial charge on any atom is 0.233 e. The maximum absolute atomic E-state index is 13.0. The molecule has 4 rings (SSSR count). The monoisotopic (exact) mass is 330 g/mol. The van der Waals surface area contributed by atoms with E-state index in [9.17, 15) is 4.79 Å². The van der Waals surface area contributed by atoms with Gasteiger partial charge in [-0.25, -0.2) is 9.67 Å². The van der Waals surface area contributed by atoms with E-state index >= 15 is 0 Å². The summed E-state index contributed by atoms with van der Waals surface area (Å²) in [5, 5.41) is 19.0. The number of hydrogen-bond acceptors (Lipinski definition) is 6. The Balaban J connectivity index is 1.43. The summed E-state index contributed by atoms with van der Waals surface area (Å²) in [6, 6.07) is 0. The number of tetrazole rings is 1. The molecule has 1 N–H and O–H groups in total. The van der Waals surface area contributed by atoms with Gasteiger partial charge in [0.1, 0.15) is 5.82 Å². The van der Waals surface area contributed by atoms with Gasteiger partial charge >= 0.3 is 0 Å². The Bertz CT molecular complexity index is 715. The summed E-state index contributed by atoms with van der Waals surface area (Å²) in [7, 11) is 0. The summed E-state index contributed by atoms with van der Waals surface area (Å²) >= 11 is 0. The van der Waals surface area contributed by atoms with Gasteiger partial charge in [-0.15, -0.1) is 5.10 Å². The number of aryl methyl sites for hydroxylation is 2. The molecule has 0 aromatic carbocycles. The summed E-state index contributed by atoms with van der Waals surface area (Å²) < 4.78 is 1.79. The van der Waals surface area contributed by atoms with Crippen molar-refractivity contribution in [3.05, 3.63) is 17.5 Å². The van der Waals surface area contributed by atoms with Gasteiger partial charge in [0.05, 0.1) is 5.92 Å². The molecule has 0 spiro atoms. The first kappa shape index (κ1) is 15.2. The molecule has 0 unspecified atom stereocenters. The number of piperidine rings is 1. The number of carbonyl (C=O) groups is 1. The van der Waals surface area contributed by atoms with Crippen LogP contribution in [0.3, 0.4) is 0 Å². The van der Waals surface area contributed by atoms with Gasteiger partial charge in [-0.1, -0.05) is 6.42 Å². The molecule has 2 aliphatic heterocycles. The quantitative estimate of drug-likeness (QED) is 0.872. The number of likely N-dealkylation sites (tertiary alicyclic amines) is 1. The van der Waals surface area contributed by atoms with E-state index in [1.165, 1.54) is 0 Å². The number of nitrogens with one attached hydrogen (secondary N) is 1. The van der Waals surface area contributed by atoms with Crippen molar-refractivity contribution < 1.29 is 4.79 Å². The molecule has 1 fully saturated rings. The highest BCUT2D eigenvalue weighted by molar-refractivity contribution is 5.83. The highest BCUT2D eigenvalue weighted by atomic mass is 16.2. The third-order valence-electron chi connectivity index (χ3n) is 5.07. The van der Waals surface area contributed by atoms with Crippen LogP contribution in [0.4, 0.5) is 0 Å². The lowest BCUT2D eigenvalue weighted by atomic mass is 9.94. The molecule has 1 atom stereocenters. The minimum atomic E-state index is -0.204. The van der Waals surface area contributed by atoms with Crippen LogP contribution in [0, 0.1) is 6.92 Å². The van der Waals surface area contributed by atoms with Crippen molar-refractivity contribution in [2.24, 2.45) is 0 Å². The Morgan fingerprint density at radius 1 is 1.17 bits per heavy atom. The average Bonchev–Trinajstić information content (AvgIpc) is 3.20. The molecule has 0 bridgehead atoms. The lowest BCUT2D eigenvalue weighted by Crippen LogP contribution is -2.41. The van der Waals surface area contributed by atoms with E-state index in [2.05, 4.69) is 30.7 Å². The van der Waals surface area contributed by atoms with Gasteiger partial charge in [-0.3, -0.25) is 9.89 Å². The van der Waals surface area contributed by atoms with Crippen LogP contribution in [-0.4, -0.2) is 59.3 Å². The van der Waals surface area contributed by atoms with Crippen LogP contribution in [0.1, 0.15) is 61.4 Å². The third-order valence-corrected chi connectivity index (χ3v) is 5.07. The molecule has 128 valence electrons. The van der Waals surface area contributed by atoms with Crippen LogP contribution in [0.25, 0.3) is 0 Å². The maximum atomic E-state index is 13.0. The second-order valence-corrected chi connectivity index (χ2v) is 6.69. The van der Waals surface area contributed by atoms with Crippen LogP contribution in [-0.2, 0) is 11.3 Å². The number of amides is 1. The first-order valence-electron chi connectivity index (χ1n) is 8.66. The van der Waals surface area contributed by atoms with Crippen LogP contribution in [0.15, 0.2) is 0 Å². The molecule has 1 amide bonds. The van der Waals surface area contributed by atoms with Gasteiger partial charge in [-0.2, -0.15) is 5.10 Å². The van der Waals surface area contributed by atoms with Crippen molar-refractivity contribution in [2.75, 3.05) is 13.1 Å². The molecule has 4 heterocycles. The van der Waals surface area contributed by atoms with Gasteiger partial charge in [0, 0.05) is 25.6 Å². The number of hydrogen-bond donors (Lipinski definition) is 1. The largest absolute Gasteiger partial charge is 0.342 e. The predicted molar refractivity (Wildman–Crippen MR) is 84.1 cm³/mol. The van der Waals surface area contributed by atoms with E-state index in [0.717, 1.165) is 69.2 Å². The second kappa shape index (κ2) is 6.29. The molecular formula is C15H22N8O. The van der Waals surface area contributed by atoms with Gasteiger partial charge in [0.15, 0.2) is 11.6 Å². The van der Waals surface area contributed by atoms with Crippen LogP contribution >= 0.6 is 0 Å². The summed E-state index contributed by atoms with van der Waals surface area (Å²) in [6.45, 7) is 4.20. The van der Waals surface area contributed by atoms with Gasteiger partial charge in [0.25, 0.3) is 0 Å². The van der Waals surface area contributed by atoms with Crippen LogP contribution in [0.2, 0.25) is 0 Å². The fourth-order valence-corrected chi connectivity index (χ4v) is 3.71. The molecule has 9 heteroatoms. The van der Waals surface area contributed by atoms with Crippen molar-refractivity contribution in [1.82, 2.24) is 40.3 Å². The molecule has 2 aliphatic rings. The summed E-state index contributed by atoms with van der Waals surface area (Å²) in [5.74, 6) is 2.73. The third kappa shape index (κ3) is 2.78. The Morgan fingerprint density at radius 3 is 2.75 bits per heavy atom. The standard InChI is InChI=1S/C15H22N8O/c1-10-16-13(18-17-10)11-5-8-22(9-6-11)15(24)12-4-2-3-7-23-14(12)19-20-21-23/h11-12H,2-9H2,1H3,(H,16,17,18)/t12-/m1/s1. The number of carbonyl (C=O) groups excluding carboxylic acids is 1. The van der Waals surface area contributed by atoms with E-state index in [0.29, 0.717) is 5.92 Å². The summed E-state index contributed by atoms with van der Waals surface area (Å²) in [5.41, 5.74) is 0. The Kier molecular flexibility index (Phi) is 3.99. The first-order chi connectivity index (χ1) is 11.7. The smallest absolute Gasteiger partial charge is 0.233 e. The van der Waals surface area contributed by atoms with Gasteiger partial charge in [-0.05, 0) is 43.0 Å². The fourth-order valence-electron chi connectivity index (χ4n) is 3.71. The van der Waals surface area contributed by atoms with Gasteiger partial charge < -0.3 is 4.90 Å². The zero-order valence-electron chi connectivity index (χ0n) is 13.9. The Hall–Kier alpha value is -2.32. The first-order valence-corrected chi connectivity index (χ1v) is 8.66. The summed E-state index contributed by atoms with van der Waals surface area (Å²) in [4.78, 5) is 19.4. The zero-order valence-corrected chi connectivity index (χ0v) is 13.9. The van der Waals surface area contributed by atoms with E-state index in [-0.39, 0.29) is 11.8 Å². The number of aromatic nitrogens is 7. The van der Waals surface area contributed by atoms with E-state index in [4.69, 9.17) is 0 Å². The molecule has 2 aromatic heterocycles. The molecule has 24 heavy (non-hydrogen) atoms. The number of aromatic amines is 1. The minimum absolute atomic E-state index is 0.164. The molecular weight excluding hydrogens is 308 g/mol. The average molecular weight is 330 g/mol. The topological polar surface area (TPSA) is 105 Å².